The maximum Gasteiger partial charge on any atom is 0.314 e. The van der Waals surface area contributed by atoms with Crippen LogP contribution in [0, 0.1) is 0 Å². The van der Waals surface area contributed by atoms with Crippen LogP contribution >= 0.6 is 15.9 Å². The van der Waals surface area contributed by atoms with Crippen molar-refractivity contribution in [3.05, 3.63) is 46.5 Å². The highest BCUT2D eigenvalue weighted by atomic mass is 79.9. The third-order valence-electron chi connectivity index (χ3n) is 3.62. The molecule has 1 aliphatic carbocycles. The Labute approximate surface area is 109 Å². The van der Waals surface area contributed by atoms with Crippen molar-refractivity contribution < 1.29 is 9.90 Å². The number of carboxylic acids is 1. The van der Waals surface area contributed by atoms with Gasteiger partial charge in [0.2, 0.25) is 0 Å². The Morgan fingerprint density at radius 1 is 1.59 bits per heavy atom. The van der Waals surface area contributed by atoms with E-state index in [0.29, 0.717) is 12.8 Å². The average molecular weight is 295 g/mol. The zero-order valence-electron chi connectivity index (χ0n) is 9.58. The molecule has 1 atom stereocenters. The van der Waals surface area contributed by atoms with Gasteiger partial charge in [0.05, 0.1) is 5.41 Å². The number of rotatable bonds is 4. The van der Waals surface area contributed by atoms with Crippen molar-refractivity contribution in [2.24, 2.45) is 0 Å². The summed E-state index contributed by atoms with van der Waals surface area (Å²) in [6.07, 6.45) is 4.68. The summed E-state index contributed by atoms with van der Waals surface area (Å²) < 4.78 is 1.02. The van der Waals surface area contributed by atoms with E-state index in [1.165, 1.54) is 0 Å². The molecule has 3 heteroatoms. The number of halogens is 1. The normalized spacial score (nSPS) is 22.2. The molecule has 2 rings (SSSR count). The number of aliphatic carboxylic acids is 1. The Kier molecular flexibility index (Phi) is 3.38. The molecule has 1 N–H and O–H groups in total. The van der Waals surface area contributed by atoms with Crippen molar-refractivity contribution in [2.45, 2.75) is 31.1 Å². The van der Waals surface area contributed by atoms with E-state index in [4.69, 9.17) is 0 Å². The van der Waals surface area contributed by atoms with Crippen LogP contribution in [0.1, 0.15) is 30.4 Å². The first-order chi connectivity index (χ1) is 8.12. The van der Waals surface area contributed by atoms with Gasteiger partial charge in [-0.1, -0.05) is 34.1 Å². The molecule has 90 valence electrons. The summed E-state index contributed by atoms with van der Waals surface area (Å²) in [6.45, 7) is 3.68. The second-order valence-corrected chi connectivity index (χ2v) is 5.33. The van der Waals surface area contributed by atoms with Crippen LogP contribution < -0.4 is 0 Å². The number of hydrogen-bond donors (Lipinski definition) is 1. The van der Waals surface area contributed by atoms with E-state index in [9.17, 15) is 9.90 Å². The number of carboxylic acid groups (broad SMARTS) is 1. The van der Waals surface area contributed by atoms with E-state index in [-0.39, 0.29) is 0 Å². The standard InChI is InChI=1S/C14H15BrO2/c1-2-3-8-14(13(16)17)9-7-10-11(14)5-4-6-12(10)15/h2,4-6H,1,3,7-9H2,(H,16,17). The summed E-state index contributed by atoms with van der Waals surface area (Å²) >= 11 is 3.50. The maximum absolute atomic E-state index is 11.7. The second kappa shape index (κ2) is 4.65. The molecule has 0 saturated carbocycles. The first-order valence-corrected chi connectivity index (χ1v) is 6.53. The predicted octanol–water partition coefficient (Wildman–Crippen LogP) is 3.68. The zero-order valence-corrected chi connectivity index (χ0v) is 11.2. The molecule has 0 spiro atoms. The van der Waals surface area contributed by atoms with Crippen LogP contribution in [0.25, 0.3) is 0 Å². The van der Waals surface area contributed by atoms with Gasteiger partial charge in [0.25, 0.3) is 0 Å². The molecule has 1 aliphatic rings. The second-order valence-electron chi connectivity index (χ2n) is 4.48. The van der Waals surface area contributed by atoms with Crippen LogP contribution in [0.15, 0.2) is 35.3 Å². The number of hydrogen-bond acceptors (Lipinski definition) is 1. The molecular formula is C14H15BrO2. The molecule has 2 nitrogen and oxygen atoms in total. The molecule has 1 unspecified atom stereocenters. The van der Waals surface area contributed by atoms with Gasteiger partial charge >= 0.3 is 5.97 Å². The van der Waals surface area contributed by atoms with E-state index in [1.54, 1.807) is 6.08 Å². The van der Waals surface area contributed by atoms with Crippen molar-refractivity contribution in [2.75, 3.05) is 0 Å². The third-order valence-corrected chi connectivity index (χ3v) is 4.36. The largest absolute Gasteiger partial charge is 0.481 e. The van der Waals surface area contributed by atoms with Gasteiger partial charge in [-0.3, -0.25) is 4.79 Å². The topological polar surface area (TPSA) is 37.3 Å². The van der Waals surface area contributed by atoms with Gasteiger partial charge < -0.3 is 5.11 Å². The van der Waals surface area contributed by atoms with Gasteiger partial charge in [0.1, 0.15) is 0 Å². The van der Waals surface area contributed by atoms with Crippen molar-refractivity contribution in [1.82, 2.24) is 0 Å². The van der Waals surface area contributed by atoms with Crippen LogP contribution in [0.4, 0.5) is 0 Å². The van der Waals surface area contributed by atoms with E-state index in [1.807, 2.05) is 18.2 Å². The van der Waals surface area contributed by atoms with Gasteiger partial charge in [-0.2, -0.15) is 0 Å². The van der Waals surface area contributed by atoms with Crippen molar-refractivity contribution >= 4 is 21.9 Å². The third kappa shape index (κ3) is 1.93. The molecule has 0 aromatic heterocycles. The number of carbonyl (C=O) groups is 1. The minimum absolute atomic E-state index is 0.634. The lowest BCUT2D eigenvalue weighted by Crippen LogP contribution is -2.33. The quantitative estimate of drug-likeness (QED) is 0.860. The monoisotopic (exact) mass is 294 g/mol. The van der Waals surface area contributed by atoms with Gasteiger partial charge in [0.15, 0.2) is 0 Å². The lowest BCUT2D eigenvalue weighted by atomic mass is 9.78. The van der Waals surface area contributed by atoms with Crippen LogP contribution in [0.5, 0.6) is 0 Å². The molecule has 0 aliphatic heterocycles. The van der Waals surface area contributed by atoms with E-state index in [0.717, 1.165) is 28.4 Å². The molecule has 0 radical (unpaired) electrons. The molecule has 0 bridgehead atoms. The molecule has 1 aromatic carbocycles. The van der Waals surface area contributed by atoms with Crippen LogP contribution in [-0.4, -0.2) is 11.1 Å². The van der Waals surface area contributed by atoms with Gasteiger partial charge in [-0.05, 0) is 42.9 Å². The van der Waals surface area contributed by atoms with E-state index >= 15 is 0 Å². The number of benzene rings is 1. The summed E-state index contributed by atoms with van der Waals surface area (Å²) in [4.78, 5) is 11.7. The fourth-order valence-electron chi connectivity index (χ4n) is 2.67. The summed E-state index contributed by atoms with van der Waals surface area (Å²) in [6, 6.07) is 5.84. The molecule has 0 fully saturated rings. The van der Waals surface area contributed by atoms with Gasteiger partial charge in [0, 0.05) is 4.47 Å². The zero-order chi connectivity index (χ0) is 12.5. The van der Waals surface area contributed by atoms with Gasteiger partial charge in [-0.15, -0.1) is 6.58 Å². The van der Waals surface area contributed by atoms with Crippen molar-refractivity contribution in [3.8, 4) is 0 Å². The highest BCUT2D eigenvalue weighted by molar-refractivity contribution is 9.10. The summed E-state index contributed by atoms with van der Waals surface area (Å²) in [5.74, 6) is -0.712. The smallest absolute Gasteiger partial charge is 0.314 e. The predicted molar refractivity (Wildman–Crippen MR) is 71.2 cm³/mol. The maximum atomic E-state index is 11.7. The summed E-state index contributed by atoms with van der Waals surface area (Å²) in [5, 5.41) is 9.58. The minimum Gasteiger partial charge on any atom is -0.481 e. The lowest BCUT2D eigenvalue weighted by Gasteiger charge is -2.25. The molecule has 0 saturated heterocycles. The molecule has 1 aromatic rings. The van der Waals surface area contributed by atoms with Crippen molar-refractivity contribution in [1.29, 1.82) is 0 Å². The van der Waals surface area contributed by atoms with Gasteiger partial charge in [-0.25, -0.2) is 0 Å². The number of allylic oxidation sites excluding steroid dienone is 1. The van der Waals surface area contributed by atoms with E-state index < -0.39 is 11.4 Å². The number of fused-ring (bicyclic) bond motifs is 1. The van der Waals surface area contributed by atoms with E-state index in [2.05, 4.69) is 22.5 Å². The summed E-state index contributed by atoms with van der Waals surface area (Å²) in [7, 11) is 0. The fraction of sp³-hybridized carbons (Fsp3) is 0.357. The lowest BCUT2D eigenvalue weighted by molar-refractivity contribution is -0.144. The van der Waals surface area contributed by atoms with Crippen LogP contribution in [-0.2, 0) is 16.6 Å². The molecule has 0 amide bonds. The Hall–Kier alpha value is -1.09. The average Bonchev–Trinajstić information content (AvgIpc) is 2.68. The van der Waals surface area contributed by atoms with Crippen LogP contribution in [0.3, 0.4) is 0 Å². The summed E-state index contributed by atoms with van der Waals surface area (Å²) in [5.41, 5.74) is 1.41. The fourth-order valence-corrected chi connectivity index (χ4v) is 3.24. The Morgan fingerprint density at radius 2 is 2.35 bits per heavy atom. The van der Waals surface area contributed by atoms with Crippen molar-refractivity contribution in [3.63, 3.8) is 0 Å². The minimum atomic E-state index is -0.715. The Balaban J connectivity index is 2.49. The Bertz CT molecular complexity index is 467. The molecular weight excluding hydrogens is 280 g/mol. The first kappa shape index (κ1) is 12.4. The Morgan fingerprint density at radius 3 is 3.00 bits per heavy atom. The molecule has 0 heterocycles. The van der Waals surface area contributed by atoms with Crippen LogP contribution in [0.2, 0.25) is 0 Å². The SMILES string of the molecule is C=CCCC1(C(=O)O)CCc2c(Br)cccc21. The highest BCUT2D eigenvalue weighted by Crippen LogP contribution is 2.45. The highest BCUT2D eigenvalue weighted by Gasteiger charge is 2.45. The first-order valence-electron chi connectivity index (χ1n) is 5.74. The molecule has 17 heavy (non-hydrogen) atoms.